The number of nitrogens with zero attached hydrogens (tertiary/aromatic N) is 2. The molecule has 1 N–H and O–H groups in total. The Labute approximate surface area is 148 Å². The van der Waals surface area contributed by atoms with E-state index in [0.29, 0.717) is 18.2 Å². The van der Waals surface area contributed by atoms with Crippen LogP contribution in [0.2, 0.25) is 0 Å². The predicted molar refractivity (Wildman–Crippen MR) is 98.7 cm³/mol. The number of benzene rings is 1. The molecule has 4 nitrogen and oxygen atoms in total. The monoisotopic (exact) mass is 345 g/mol. The average molecular weight is 345 g/mol. The van der Waals surface area contributed by atoms with Gasteiger partial charge in [0.25, 0.3) is 0 Å². The number of fused-ring (bicyclic) bond motifs is 1. The molecule has 0 unspecified atom stereocenters. The first-order valence-electron chi connectivity index (χ1n) is 9.62. The van der Waals surface area contributed by atoms with Crippen LogP contribution < -0.4 is 4.90 Å². The highest BCUT2D eigenvalue weighted by Gasteiger charge is 2.25. The molecule has 1 saturated carbocycles. The van der Waals surface area contributed by atoms with Gasteiger partial charge in [0.05, 0.1) is 12.1 Å². The minimum absolute atomic E-state index is 0.149. The van der Waals surface area contributed by atoms with Crippen LogP contribution in [-0.2, 0) is 4.74 Å². The summed E-state index contributed by atoms with van der Waals surface area (Å²) in [6.07, 6.45) is 6.87. The van der Waals surface area contributed by atoms with Crippen LogP contribution in [0.3, 0.4) is 0 Å². The molecule has 0 bridgehead atoms. The Morgan fingerprint density at radius 3 is 2.72 bits per heavy atom. The molecule has 1 aliphatic heterocycles. The van der Waals surface area contributed by atoms with Gasteiger partial charge >= 0.3 is 0 Å². The van der Waals surface area contributed by atoms with Crippen molar-refractivity contribution in [1.29, 1.82) is 0 Å². The number of H-pyrrole nitrogens is 1. The summed E-state index contributed by atoms with van der Waals surface area (Å²) in [6.45, 7) is 3.72. The van der Waals surface area contributed by atoms with Crippen LogP contribution in [0, 0.1) is 11.7 Å². The summed E-state index contributed by atoms with van der Waals surface area (Å²) in [4.78, 5) is 10.1. The van der Waals surface area contributed by atoms with Gasteiger partial charge in [-0.15, -0.1) is 0 Å². The lowest BCUT2D eigenvalue weighted by Gasteiger charge is -2.33. The largest absolute Gasteiger partial charge is 0.381 e. The molecule has 4 rings (SSSR count). The van der Waals surface area contributed by atoms with Crippen molar-refractivity contribution in [2.24, 2.45) is 5.92 Å². The van der Waals surface area contributed by atoms with Gasteiger partial charge in [0.1, 0.15) is 5.52 Å². The molecule has 136 valence electrons. The average Bonchev–Trinajstić information content (AvgIpc) is 3.08. The van der Waals surface area contributed by atoms with Crippen LogP contribution in [0.4, 0.5) is 10.3 Å². The number of hydrogen-bond donors (Lipinski definition) is 1. The van der Waals surface area contributed by atoms with Crippen molar-refractivity contribution in [2.75, 3.05) is 25.2 Å². The van der Waals surface area contributed by atoms with E-state index in [9.17, 15) is 0 Å². The fourth-order valence-corrected chi connectivity index (χ4v) is 4.32. The molecule has 0 amide bonds. The van der Waals surface area contributed by atoms with Crippen molar-refractivity contribution in [3.05, 3.63) is 23.5 Å². The quantitative estimate of drug-likeness (QED) is 0.883. The number of aromatic nitrogens is 2. The second-order valence-corrected chi connectivity index (χ2v) is 7.86. The fourth-order valence-electron chi connectivity index (χ4n) is 4.32. The zero-order valence-electron chi connectivity index (χ0n) is 15.2. The lowest BCUT2D eigenvalue weighted by molar-refractivity contribution is 0.0795. The molecule has 25 heavy (non-hydrogen) atoms. The molecule has 2 aliphatic rings. The van der Waals surface area contributed by atoms with Crippen molar-refractivity contribution < 1.29 is 9.13 Å². The molecule has 0 spiro atoms. The molecule has 5 heteroatoms. The Balaban J connectivity index is 1.60. The third-order valence-corrected chi connectivity index (χ3v) is 6.08. The first kappa shape index (κ1) is 16.8. The van der Waals surface area contributed by atoms with E-state index in [1.807, 2.05) is 12.1 Å². The SMILES string of the molecule is CC1CCC(N(C)c2nc3c(F)c([C@@H]4CCCOC4)ccc3[nH]2)CC1. The molecule has 1 aromatic heterocycles. The lowest BCUT2D eigenvalue weighted by Crippen LogP contribution is -2.35. The first-order chi connectivity index (χ1) is 12.1. The van der Waals surface area contributed by atoms with Crippen LogP contribution in [-0.4, -0.2) is 36.3 Å². The van der Waals surface area contributed by atoms with E-state index in [0.717, 1.165) is 42.4 Å². The zero-order chi connectivity index (χ0) is 17.4. The van der Waals surface area contributed by atoms with Crippen molar-refractivity contribution in [1.82, 2.24) is 9.97 Å². The number of ether oxygens (including phenoxy) is 1. The van der Waals surface area contributed by atoms with Crippen molar-refractivity contribution >= 4 is 17.0 Å². The number of anilines is 1. The van der Waals surface area contributed by atoms with E-state index < -0.39 is 0 Å². The normalized spacial score (nSPS) is 27.6. The molecule has 2 fully saturated rings. The fraction of sp³-hybridized carbons (Fsp3) is 0.650. The topological polar surface area (TPSA) is 41.2 Å². The first-order valence-corrected chi connectivity index (χ1v) is 9.62. The summed E-state index contributed by atoms with van der Waals surface area (Å²) in [5, 5.41) is 0. The second kappa shape index (κ2) is 6.94. The number of rotatable bonds is 3. The van der Waals surface area contributed by atoms with E-state index in [4.69, 9.17) is 4.74 Å². The summed E-state index contributed by atoms with van der Waals surface area (Å²) >= 11 is 0. The molecule has 1 atom stereocenters. The molecule has 1 aliphatic carbocycles. The molecule has 1 saturated heterocycles. The third kappa shape index (κ3) is 3.26. The van der Waals surface area contributed by atoms with Gasteiger partial charge in [0, 0.05) is 25.6 Å². The van der Waals surface area contributed by atoms with Gasteiger partial charge in [-0.3, -0.25) is 0 Å². The molecular formula is C20H28FN3O. The van der Waals surface area contributed by atoms with Gasteiger partial charge in [-0.25, -0.2) is 9.37 Å². The second-order valence-electron chi connectivity index (χ2n) is 7.86. The Morgan fingerprint density at radius 1 is 1.20 bits per heavy atom. The van der Waals surface area contributed by atoms with Crippen LogP contribution in [0.5, 0.6) is 0 Å². The summed E-state index contributed by atoms with van der Waals surface area (Å²) in [5.41, 5.74) is 2.00. The zero-order valence-corrected chi connectivity index (χ0v) is 15.2. The van der Waals surface area contributed by atoms with Gasteiger partial charge in [0.15, 0.2) is 5.82 Å². The highest BCUT2D eigenvalue weighted by Crippen LogP contribution is 2.33. The molecular weight excluding hydrogens is 317 g/mol. The Bertz CT molecular complexity index is 730. The van der Waals surface area contributed by atoms with E-state index in [1.54, 1.807) is 0 Å². The van der Waals surface area contributed by atoms with Crippen LogP contribution in [0.25, 0.3) is 11.0 Å². The van der Waals surface area contributed by atoms with Gasteiger partial charge in [-0.2, -0.15) is 0 Å². The van der Waals surface area contributed by atoms with Gasteiger partial charge in [0.2, 0.25) is 5.95 Å². The summed E-state index contributed by atoms with van der Waals surface area (Å²) < 4.78 is 20.6. The number of halogens is 1. The Hall–Kier alpha value is -1.62. The summed E-state index contributed by atoms with van der Waals surface area (Å²) in [5.74, 6) is 1.57. The van der Waals surface area contributed by atoms with Crippen molar-refractivity contribution in [2.45, 2.75) is 57.4 Å². The Morgan fingerprint density at radius 2 is 2.00 bits per heavy atom. The van der Waals surface area contributed by atoms with Crippen LogP contribution in [0.1, 0.15) is 56.9 Å². The highest BCUT2D eigenvalue weighted by atomic mass is 19.1. The van der Waals surface area contributed by atoms with Crippen LogP contribution >= 0.6 is 0 Å². The van der Waals surface area contributed by atoms with E-state index in [2.05, 4.69) is 28.8 Å². The standard InChI is InChI=1S/C20H28FN3O/c1-13-5-7-15(8-6-13)24(2)20-22-17-10-9-16(18(21)19(17)23-20)14-4-3-11-25-12-14/h9-10,13-15H,3-8,11-12H2,1-2H3,(H,22,23)/t13?,14-,15?/m1/s1. The van der Waals surface area contributed by atoms with E-state index in [-0.39, 0.29) is 11.7 Å². The Kier molecular flexibility index (Phi) is 4.67. The number of imidazole rings is 1. The number of nitrogens with one attached hydrogen (secondary N) is 1. The maximum atomic E-state index is 15.1. The molecule has 0 radical (unpaired) electrons. The smallest absolute Gasteiger partial charge is 0.203 e. The van der Waals surface area contributed by atoms with Crippen molar-refractivity contribution in [3.63, 3.8) is 0 Å². The molecule has 2 heterocycles. The highest BCUT2D eigenvalue weighted by molar-refractivity contribution is 5.79. The minimum Gasteiger partial charge on any atom is -0.381 e. The number of hydrogen-bond acceptors (Lipinski definition) is 3. The summed E-state index contributed by atoms with van der Waals surface area (Å²) in [7, 11) is 2.08. The minimum atomic E-state index is -0.179. The summed E-state index contributed by atoms with van der Waals surface area (Å²) in [6, 6.07) is 4.36. The maximum Gasteiger partial charge on any atom is 0.203 e. The van der Waals surface area contributed by atoms with E-state index in [1.165, 1.54) is 25.7 Å². The lowest BCUT2D eigenvalue weighted by atomic mass is 9.87. The van der Waals surface area contributed by atoms with E-state index >= 15 is 4.39 Å². The number of aromatic amines is 1. The maximum absolute atomic E-state index is 15.1. The van der Waals surface area contributed by atoms with Gasteiger partial charge in [-0.1, -0.05) is 13.0 Å². The molecule has 2 aromatic rings. The van der Waals surface area contributed by atoms with Crippen molar-refractivity contribution in [3.8, 4) is 0 Å². The molecule has 1 aromatic carbocycles. The van der Waals surface area contributed by atoms with Gasteiger partial charge in [-0.05, 0) is 56.1 Å². The third-order valence-electron chi connectivity index (χ3n) is 6.08. The predicted octanol–water partition coefficient (Wildman–Crippen LogP) is 4.61. The van der Waals surface area contributed by atoms with Crippen LogP contribution in [0.15, 0.2) is 12.1 Å². The van der Waals surface area contributed by atoms with Gasteiger partial charge < -0.3 is 14.6 Å².